The number of allylic oxidation sites excluding steroid dienone is 2. The molecular weight excluding hydrogens is 209 g/mol. The van der Waals surface area contributed by atoms with Crippen molar-refractivity contribution in [1.82, 2.24) is 0 Å². The molecule has 0 aliphatic carbocycles. The Morgan fingerprint density at radius 3 is 2.23 bits per heavy atom. The van der Waals surface area contributed by atoms with E-state index in [1.165, 1.54) is 6.92 Å². The summed E-state index contributed by atoms with van der Waals surface area (Å²) in [6.45, 7) is 4.77. The molecule has 0 amide bonds. The number of hydrogen-bond donors (Lipinski definition) is 0. The first-order valence-corrected chi connectivity index (χ1v) is 4.39. The van der Waals surface area contributed by atoms with Gasteiger partial charge in [-0.1, -0.05) is 12.2 Å². The predicted octanol–water partition coefficient (Wildman–Crippen LogP) is 1.94. The molecule has 0 saturated carbocycles. The highest BCUT2D eigenvalue weighted by atomic mass is 32.2. The molecule has 0 bridgehead atoms. The Labute approximate surface area is 73.6 Å². The van der Waals surface area contributed by atoms with Crippen LogP contribution in [0.2, 0.25) is 0 Å². The molecule has 0 rings (SSSR count). The topological polar surface area (TPSA) is 43.4 Å². The lowest BCUT2D eigenvalue weighted by Crippen LogP contribution is -2.23. The first-order chi connectivity index (χ1) is 5.67. The lowest BCUT2D eigenvalue weighted by atomic mass is 10.4. The van der Waals surface area contributed by atoms with Crippen LogP contribution in [0.1, 0.15) is 6.92 Å². The maximum Gasteiger partial charge on any atom is 0.534 e. The van der Waals surface area contributed by atoms with Crippen LogP contribution < -0.4 is 0 Å². The van der Waals surface area contributed by atoms with E-state index in [9.17, 15) is 21.6 Å². The Balaban J connectivity index is 4.48. The Morgan fingerprint density at radius 1 is 1.46 bits per heavy atom. The van der Waals surface area contributed by atoms with E-state index < -0.39 is 15.6 Å². The van der Waals surface area contributed by atoms with Crippen molar-refractivity contribution in [3.8, 4) is 0 Å². The van der Waals surface area contributed by atoms with E-state index in [0.29, 0.717) is 11.8 Å². The van der Waals surface area contributed by atoms with Crippen molar-refractivity contribution in [1.29, 1.82) is 0 Å². The van der Waals surface area contributed by atoms with E-state index in [-0.39, 0.29) is 0 Å². The van der Waals surface area contributed by atoms with Crippen molar-refractivity contribution in [2.45, 2.75) is 12.4 Å². The Morgan fingerprint density at radius 2 is 1.92 bits per heavy atom. The lowest BCUT2D eigenvalue weighted by Gasteiger charge is -2.05. The van der Waals surface area contributed by atoms with Gasteiger partial charge in [0.15, 0.2) is 0 Å². The molecule has 0 unspecified atom stereocenters. The number of hydrogen-bond acceptors (Lipinski definition) is 3. The van der Waals surface area contributed by atoms with Gasteiger partial charge in [-0.2, -0.15) is 21.6 Å². The summed E-state index contributed by atoms with van der Waals surface area (Å²) in [6.07, 6.45) is 1.43. The molecule has 3 nitrogen and oxygen atoms in total. The van der Waals surface area contributed by atoms with Crippen molar-refractivity contribution in [2.75, 3.05) is 0 Å². The molecular formula is C6H7F3O3S. The molecule has 0 radical (unpaired) electrons. The highest BCUT2D eigenvalue weighted by molar-refractivity contribution is 7.87. The highest BCUT2D eigenvalue weighted by Crippen LogP contribution is 2.24. The van der Waals surface area contributed by atoms with Gasteiger partial charge in [-0.3, -0.25) is 0 Å². The molecule has 0 aromatic rings. The second kappa shape index (κ2) is 3.82. The summed E-state index contributed by atoms with van der Waals surface area (Å²) >= 11 is 0. The van der Waals surface area contributed by atoms with Crippen LogP contribution in [0.25, 0.3) is 0 Å². The average molecular weight is 216 g/mol. The predicted molar refractivity (Wildman–Crippen MR) is 40.0 cm³/mol. The minimum Gasteiger partial charge on any atom is -0.384 e. The second-order valence-corrected chi connectivity index (χ2v) is 3.71. The van der Waals surface area contributed by atoms with Crippen molar-refractivity contribution < 1.29 is 25.8 Å². The molecule has 0 fully saturated rings. The zero-order valence-electron chi connectivity index (χ0n) is 6.63. The van der Waals surface area contributed by atoms with Gasteiger partial charge in [-0.15, -0.1) is 0 Å². The summed E-state index contributed by atoms with van der Waals surface area (Å²) in [4.78, 5) is 0. The third-order valence-electron chi connectivity index (χ3n) is 0.818. The molecule has 0 atom stereocenters. The molecule has 0 aromatic heterocycles. The minimum absolute atomic E-state index is 0.373. The Bertz CT molecular complexity index is 313. The van der Waals surface area contributed by atoms with Crippen LogP contribution in [0.3, 0.4) is 0 Å². The Kier molecular flexibility index (Phi) is 3.53. The summed E-state index contributed by atoms with van der Waals surface area (Å²) in [5.41, 5.74) is -5.02. The fourth-order valence-electron chi connectivity index (χ4n) is 0.272. The van der Waals surface area contributed by atoms with Gasteiger partial charge in [0.1, 0.15) is 6.26 Å². The number of halogens is 3. The van der Waals surface area contributed by atoms with E-state index >= 15 is 0 Å². The number of alkyl halides is 3. The van der Waals surface area contributed by atoms with Crippen molar-refractivity contribution >= 4 is 10.1 Å². The molecule has 0 heterocycles. The third-order valence-corrected chi connectivity index (χ3v) is 1.75. The molecule has 0 saturated heterocycles. The Hall–Kier alpha value is -0.980. The van der Waals surface area contributed by atoms with Crippen molar-refractivity contribution in [2.24, 2.45) is 0 Å². The van der Waals surface area contributed by atoms with Gasteiger partial charge < -0.3 is 4.18 Å². The smallest absolute Gasteiger partial charge is 0.384 e. The fourth-order valence-corrected chi connectivity index (χ4v) is 0.583. The van der Waals surface area contributed by atoms with E-state index in [2.05, 4.69) is 10.8 Å². The van der Waals surface area contributed by atoms with E-state index in [1.807, 2.05) is 0 Å². The van der Waals surface area contributed by atoms with Crippen LogP contribution in [-0.2, 0) is 14.3 Å². The molecule has 0 aromatic carbocycles. The summed E-state index contributed by atoms with van der Waals surface area (Å²) in [6, 6.07) is 0. The SMILES string of the molecule is C=C(C)C=COS(=O)(=O)C(F)(F)F. The van der Waals surface area contributed by atoms with Crippen LogP contribution >= 0.6 is 0 Å². The molecule has 0 spiro atoms. The van der Waals surface area contributed by atoms with Crippen molar-refractivity contribution in [3.63, 3.8) is 0 Å². The normalized spacial score (nSPS) is 13.2. The third kappa shape index (κ3) is 3.97. The van der Waals surface area contributed by atoms with E-state index in [0.717, 1.165) is 6.08 Å². The van der Waals surface area contributed by atoms with Gasteiger partial charge in [-0.25, -0.2) is 0 Å². The maximum absolute atomic E-state index is 11.6. The molecule has 76 valence electrons. The van der Waals surface area contributed by atoms with Crippen molar-refractivity contribution in [3.05, 3.63) is 24.5 Å². The largest absolute Gasteiger partial charge is 0.534 e. The molecule has 0 aliphatic rings. The van der Waals surface area contributed by atoms with Gasteiger partial charge in [0.05, 0.1) is 0 Å². The lowest BCUT2D eigenvalue weighted by molar-refractivity contribution is -0.0514. The summed E-state index contributed by atoms with van der Waals surface area (Å²) in [5.74, 6) is 0. The number of rotatable bonds is 3. The van der Waals surface area contributed by atoms with Gasteiger partial charge in [0.2, 0.25) is 0 Å². The molecule has 13 heavy (non-hydrogen) atoms. The van der Waals surface area contributed by atoms with Crippen LogP contribution in [-0.4, -0.2) is 13.9 Å². The molecule has 0 N–H and O–H groups in total. The van der Waals surface area contributed by atoms with E-state index in [4.69, 9.17) is 0 Å². The zero-order chi connectivity index (χ0) is 10.7. The minimum atomic E-state index is -5.52. The average Bonchev–Trinajstić information content (AvgIpc) is 1.82. The summed E-state index contributed by atoms with van der Waals surface area (Å²) in [7, 11) is -5.52. The quantitative estimate of drug-likeness (QED) is 0.313. The van der Waals surface area contributed by atoms with E-state index in [1.54, 1.807) is 0 Å². The van der Waals surface area contributed by atoms with Gasteiger partial charge in [0, 0.05) is 0 Å². The first kappa shape index (κ1) is 12.0. The maximum atomic E-state index is 11.6. The highest BCUT2D eigenvalue weighted by Gasteiger charge is 2.47. The first-order valence-electron chi connectivity index (χ1n) is 2.98. The van der Waals surface area contributed by atoms with Crippen LogP contribution in [0.15, 0.2) is 24.5 Å². The summed E-state index contributed by atoms with van der Waals surface area (Å²) < 4.78 is 58.7. The second-order valence-electron chi connectivity index (χ2n) is 2.15. The van der Waals surface area contributed by atoms with Gasteiger partial charge >= 0.3 is 15.6 Å². The molecule has 7 heteroatoms. The van der Waals surface area contributed by atoms with Gasteiger partial charge in [0.25, 0.3) is 0 Å². The standard InChI is InChI=1S/C6H7F3O3S/c1-5(2)3-4-12-13(10,11)6(7,8)9/h3-4H,1H2,2H3. The van der Waals surface area contributed by atoms with Gasteiger partial charge in [-0.05, 0) is 13.0 Å². The van der Waals surface area contributed by atoms with Crippen LogP contribution in [0.5, 0.6) is 0 Å². The summed E-state index contributed by atoms with van der Waals surface area (Å²) in [5, 5.41) is 0. The van der Waals surface area contributed by atoms with Crippen LogP contribution in [0, 0.1) is 0 Å². The fraction of sp³-hybridized carbons (Fsp3) is 0.333. The van der Waals surface area contributed by atoms with Crippen LogP contribution in [0.4, 0.5) is 13.2 Å². The zero-order valence-corrected chi connectivity index (χ0v) is 7.45. The monoisotopic (exact) mass is 216 g/mol. The molecule has 0 aliphatic heterocycles.